The molecule has 0 aliphatic rings. The van der Waals surface area contributed by atoms with Gasteiger partial charge in [-0.05, 0) is 49.4 Å². The fourth-order valence-electron chi connectivity index (χ4n) is 3.10. The fraction of sp³-hybridized carbons (Fsp3) is 0.231. The number of aromatic nitrogens is 2. The van der Waals surface area contributed by atoms with E-state index in [1.165, 1.54) is 49.6 Å². The van der Waals surface area contributed by atoms with Crippen LogP contribution in [0, 0.1) is 0 Å². The fourth-order valence-corrected chi connectivity index (χ4v) is 3.73. The van der Waals surface area contributed by atoms with Gasteiger partial charge in [0.1, 0.15) is 17.7 Å². The van der Waals surface area contributed by atoms with E-state index in [2.05, 4.69) is 20.3 Å². The zero-order valence-electron chi connectivity index (χ0n) is 21.2. The summed E-state index contributed by atoms with van der Waals surface area (Å²) in [6.07, 6.45) is 5.48. The molecule has 0 spiro atoms. The third-order valence-electron chi connectivity index (χ3n) is 4.83. The van der Waals surface area contributed by atoms with Gasteiger partial charge in [-0.3, -0.25) is 9.78 Å². The standard InChI is InChI=1S/C26H29N5O6S/c1-18(17-35-2)36-24-14-19(15-25(31-24)37-21-7-9-22(10-8-21)38(3,33)34)26(32)30-23(27)11-13-28-16-20-6-4-5-12-29-20/h4-15,18,28H,16-17H2,1-3H3,(H2,27,30,32)/b13-11-. The molecule has 0 saturated heterocycles. The topological polar surface area (TPSA) is 155 Å². The molecule has 11 nitrogen and oxygen atoms in total. The molecule has 0 aliphatic carbocycles. The van der Waals surface area contributed by atoms with Gasteiger partial charge < -0.3 is 25.3 Å². The number of amidine groups is 1. The Balaban J connectivity index is 1.78. The van der Waals surface area contributed by atoms with E-state index in [1.807, 2.05) is 18.2 Å². The molecule has 1 aromatic carbocycles. The van der Waals surface area contributed by atoms with Crippen molar-refractivity contribution in [1.29, 1.82) is 0 Å². The van der Waals surface area contributed by atoms with Crippen molar-refractivity contribution in [1.82, 2.24) is 15.3 Å². The predicted molar refractivity (Wildman–Crippen MR) is 142 cm³/mol. The summed E-state index contributed by atoms with van der Waals surface area (Å²) in [5, 5.41) is 3.02. The number of hydrogen-bond acceptors (Lipinski definition) is 9. The molecule has 3 aromatic rings. The number of carbonyl (C=O) groups is 1. The number of aliphatic imine (C=N–C) groups is 1. The maximum atomic E-state index is 12.9. The Kier molecular flexibility index (Phi) is 9.91. The van der Waals surface area contributed by atoms with Gasteiger partial charge in [-0.25, -0.2) is 8.42 Å². The number of sulfone groups is 1. The van der Waals surface area contributed by atoms with Crippen LogP contribution in [-0.2, 0) is 21.1 Å². The molecule has 0 saturated carbocycles. The molecule has 1 amide bonds. The van der Waals surface area contributed by atoms with Crippen molar-refractivity contribution < 1.29 is 27.4 Å². The molecule has 0 fully saturated rings. The van der Waals surface area contributed by atoms with Crippen molar-refractivity contribution >= 4 is 21.6 Å². The Morgan fingerprint density at radius 2 is 1.89 bits per heavy atom. The van der Waals surface area contributed by atoms with Gasteiger partial charge in [-0.1, -0.05) is 6.07 Å². The van der Waals surface area contributed by atoms with Gasteiger partial charge in [-0.2, -0.15) is 9.98 Å². The number of carbonyl (C=O) groups excluding carboxylic acids is 1. The number of nitrogens with one attached hydrogen (secondary N) is 1. The summed E-state index contributed by atoms with van der Waals surface area (Å²) in [6.45, 7) is 2.56. The van der Waals surface area contributed by atoms with Crippen LogP contribution in [0.5, 0.6) is 17.5 Å². The minimum Gasteiger partial charge on any atom is -0.472 e. The average Bonchev–Trinajstić information content (AvgIpc) is 2.87. The highest BCUT2D eigenvalue weighted by Gasteiger charge is 2.15. The monoisotopic (exact) mass is 539 g/mol. The third-order valence-corrected chi connectivity index (χ3v) is 5.96. The molecule has 0 bridgehead atoms. The highest BCUT2D eigenvalue weighted by molar-refractivity contribution is 7.90. The molecule has 0 radical (unpaired) electrons. The molecule has 0 aliphatic heterocycles. The number of pyridine rings is 2. The van der Waals surface area contributed by atoms with Crippen LogP contribution >= 0.6 is 0 Å². The van der Waals surface area contributed by atoms with E-state index in [9.17, 15) is 13.2 Å². The second-order valence-corrected chi connectivity index (χ2v) is 10.2. The first kappa shape index (κ1) is 28.3. The number of hydrogen-bond donors (Lipinski definition) is 2. The zero-order valence-corrected chi connectivity index (χ0v) is 22.0. The van der Waals surface area contributed by atoms with Gasteiger partial charge >= 0.3 is 0 Å². The molecule has 200 valence electrons. The summed E-state index contributed by atoms with van der Waals surface area (Å²) in [7, 11) is -1.82. The summed E-state index contributed by atoms with van der Waals surface area (Å²) in [6, 6.07) is 14.2. The first-order chi connectivity index (χ1) is 18.1. The van der Waals surface area contributed by atoms with E-state index in [-0.39, 0.29) is 34.2 Å². The van der Waals surface area contributed by atoms with Crippen molar-refractivity contribution in [3.63, 3.8) is 0 Å². The summed E-state index contributed by atoms with van der Waals surface area (Å²) >= 11 is 0. The van der Waals surface area contributed by atoms with Crippen LogP contribution in [0.15, 0.2) is 83.0 Å². The Morgan fingerprint density at radius 3 is 2.55 bits per heavy atom. The number of ether oxygens (including phenoxy) is 3. The lowest BCUT2D eigenvalue weighted by Crippen LogP contribution is -2.19. The second kappa shape index (κ2) is 13.3. The van der Waals surface area contributed by atoms with Crippen molar-refractivity contribution in [3.8, 4) is 17.5 Å². The van der Waals surface area contributed by atoms with Gasteiger partial charge in [0.05, 0.1) is 29.3 Å². The largest absolute Gasteiger partial charge is 0.472 e. The Morgan fingerprint density at radius 1 is 1.16 bits per heavy atom. The molecule has 3 N–H and O–H groups in total. The number of amides is 1. The first-order valence-corrected chi connectivity index (χ1v) is 13.4. The van der Waals surface area contributed by atoms with E-state index < -0.39 is 15.7 Å². The Labute approximate surface area is 221 Å². The summed E-state index contributed by atoms with van der Waals surface area (Å²) in [5.41, 5.74) is 6.87. The molecule has 1 unspecified atom stereocenters. The molecule has 38 heavy (non-hydrogen) atoms. The average molecular weight is 540 g/mol. The van der Waals surface area contributed by atoms with Crippen molar-refractivity contribution in [2.45, 2.75) is 24.5 Å². The van der Waals surface area contributed by atoms with E-state index in [0.29, 0.717) is 18.9 Å². The summed E-state index contributed by atoms with van der Waals surface area (Å²) < 4.78 is 40.0. The Hall–Kier alpha value is -4.29. The van der Waals surface area contributed by atoms with E-state index in [4.69, 9.17) is 19.9 Å². The SMILES string of the molecule is COCC(C)Oc1cc(C(=O)N=C(N)/C=C\NCc2ccccn2)cc(Oc2ccc(S(C)(=O)=O)cc2)n1. The number of nitrogens with two attached hydrogens (primary N) is 1. The van der Waals surface area contributed by atoms with Gasteiger partial charge in [0, 0.05) is 37.9 Å². The van der Waals surface area contributed by atoms with Crippen LogP contribution in [0.4, 0.5) is 0 Å². The van der Waals surface area contributed by atoms with Crippen LogP contribution < -0.4 is 20.5 Å². The molecule has 2 heterocycles. The van der Waals surface area contributed by atoms with Crippen molar-refractivity contribution in [2.75, 3.05) is 20.0 Å². The highest BCUT2D eigenvalue weighted by atomic mass is 32.2. The molecular formula is C26H29N5O6S. The lowest BCUT2D eigenvalue weighted by molar-refractivity contribution is 0.0882. The normalized spacial score (nSPS) is 12.8. The van der Waals surface area contributed by atoms with Gasteiger partial charge in [0.15, 0.2) is 9.84 Å². The van der Waals surface area contributed by atoms with Crippen LogP contribution in [0.25, 0.3) is 0 Å². The van der Waals surface area contributed by atoms with Crippen LogP contribution in [0.3, 0.4) is 0 Å². The highest BCUT2D eigenvalue weighted by Crippen LogP contribution is 2.26. The van der Waals surface area contributed by atoms with E-state index >= 15 is 0 Å². The minimum absolute atomic E-state index is 0.0191. The second-order valence-electron chi connectivity index (χ2n) is 8.14. The van der Waals surface area contributed by atoms with Crippen molar-refractivity contribution in [2.24, 2.45) is 10.7 Å². The number of methoxy groups -OCH3 is 1. The van der Waals surface area contributed by atoms with E-state index in [0.717, 1.165) is 11.9 Å². The number of benzene rings is 1. The number of nitrogens with zero attached hydrogens (tertiary/aromatic N) is 3. The zero-order chi connectivity index (χ0) is 27.5. The molecule has 1 atom stereocenters. The molecule has 2 aromatic heterocycles. The summed E-state index contributed by atoms with van der Waals surface area (Å²) in [4.78, 5) is 25.4. The molecule has 12 heteroatoms. The third kappa shape index (κ3) is 8.98. The van der Waals surface area contributed by atoms with Crippen LogP contribution in [0.1, 0.15) is 23.0 Å². The van der Waals surface area contributed by atoms with Crippen LogP contribution in [-0.4, -0.2) is 56.2 Å². The maximum absolute atomic E-state index is 12.9. The minimum atomic E-state index is -3.36. The van der Waals surface area contributed by atoms with Gasteiger partial charge in [0.2, 0.25) is 11.8 Å². The predicted octanol–water partition coefficient (Wildman–Crippen LogP) is 2.89. The van der Waals surface area contributed by atoms with Crippen molar-refractivity contribution in [3.05, 3.63) is 84.3 Å². The quantitative estimate of drug-likeness (QED) is 0.259. The lowest BCUT2D eigenvalue weighted by atomic mass is 10.2. The van der Waals surface area contributed by atoms with Crippen LogP contribution in [0.2, 0.25) is 0 Å². The number of rotatable bonds is 12. The Bertz CT molecular complexity index is 1390. The van der Waals surface area contributed by atoms with Gasteiger partial charge in [0.25, 0.3) is 5.91 Å². The first-order valence-electron chi connectivity index (χ1n) is 11.5. The molecular weight excluding hydrogens is 510 g/mol. The maximum Gasteiger partial charge on any atom is 0.279 e. The smallest absolute Gasteiger partial charge is 0.279 e. The van der Waals surface area contributed by atoms with Gasteiger partial charge in [-0.15, -0.1) is 0 Å². The summed E-state index contributed by atoms with van der Waals surface area (Å²) in [5.74, 6) is -0.182. The van der Waals surface area contributed by atoms with E-state index in [1.54, 1.807) is 19.3 Å². The molecule has 3 rings (SSSR count). The lowest BCUT2D eigenvalue weighted by Gasteiger charge is -2.14.